The Hall–Kier alpha value is -0.200. The standard InChI is InChI=1S/C7H14O5/c1-10-6-4(3-8)12-7(11-2)5(6)9/h4-9H,3H2,1-2H3/t4-,5?,6?,7-/m1/s1. The zero-order valence-electron chi connectivity index (χ0n) is 7.14. The zero-order valence-corrected chi connectivity index (χ0v) is 7.14. The molecule has 5 heteroatoms. The van der Waals surface area contributed by atoms with Crippen LogP contribution in [0.2, 0.25) is 0 Å². The average molecular weight is 178 g/mol. The van der Waals surface area contributed by atoms with Crippen molar-refractivity contribution >= 4 is 0 Å². The van der Waals surface area contributed by atoms with Crippen molar-refractivity contribution in [2.75, 3.05) is 20.8 Å². The van der Waals surface area contributed by atoms with Crippen LogP contribution in [0.5, 0.6) is 0 Å². The van der Waals surface area contributed by atoms with Gasteiger partial charge in [-0.3, -0.25) is 0 Å². The van der Waals surface area contributed by atoms with Crippen LogP contribution in [0, 0.1) is 0 Å². The maximum atomic E-state index is 9.46. The summed E-state index contributed by atoms with van der Waals surface area (Å²) < 4.78 is 14.9. The highest BCUT2D eigenvalue weighted by Gasteiger charge is 2.43. The highest BCUT2D eigenvalue weighted by molar-refractivity contribution is 4.87. The van der Waals surface area contributed by atoms with Crippen LogP contribution >= 0.6 is 0 Å². The summed E-state index contributed by atoms with van der Waals surface area (Å²) in [4.78, 5) is 0. The normalized spacial score (nSPS) is 42.0. The minimum absolute atomic E-state index is 0.185. The average Bonchev–Trinajstić information content (AvgIpc) is 2.41. The second kappa shape index (κ2) is 4.15. The fraction of sp³-hybridized carbons (Fsp3) is 1.00. The van der Waals surface area contributed by atoms with Gasteiger partial charge in [0.1, 0.15) is 18.3 Å². The third-order valence-corrected chi connectivity index (χ3v) is 1.98. The largest absolute Gasteiger partial charge is 0.394 e. The summed E-state index contributed by atoms with van der Waals surface area (Å²) in [7, 11) is 2.89. The molecule has 1 heterocycles. The molecule has 4 atom stereocenters. The van der Waals surface area contributed by atoms with E-state index in [0.717, 1.165) is 0 Å². The summed E-state index contributed by atoms with van der Waals surface area (Å²) in [5.41, 5.74) is 0. The van der Waals surface area contributed by atoms with Crippen molar-refractivity contribution in [2.24, 2.45) is 0 Å². The second-order valence-corrected chi connectivity index (χ2v) is 2.65. The SMILES string of the molecule is COC1C(O)[C@H](OC)O[C@@H]1CO. The fourth-order valence-corrected chi connectivity index (χ4v) is 1.34. The first kappa shape index (κ1) is 9.88. The molecule has 2 N–H and O–H groups in total. The van der Waals surface area contributed by atoms with Gasteiger partial charge in [-0.1, -0.05) is 0 Å². The molecule has 0 aromatic heterocycles. The van der Waals surface area contributed by atoms with Gasteiger partial charge < -0.3 is 24.4 Å². The van der Waals surface area contributed by atoms with Crippen LogP contribution in [-0.4, -0.2) is 55.6 Å². The van der Waals surface area contributed by atoms with E-state index in [2.05, 4.69) is 0 Å². The van der Waals surface area contributed by atoms with E-state index >= 15 is 0 Å². The summed E-state index contributed by atoms with van der Waals surface area (Å²) >= 11 is 0. The molecule has 2 unspecified atom stereocenters. The third kappa shape index (κ3) is 1.60. The Labute approximate surface area is 70.9 Å². The molecule has 0 bridgehead atoms. The first-order chi connectivity index (χ1) is 5.74. The third-order valence-electron chi connectivity index (χ3n) is 1.98. The first-order valence-corrected chi connectivity index (χ1v) is 3.74. The van der Waals surface area contributed by atoms with Crippen LogP contribution in [0.1, 0.15) is 0 Å². The van der Waals surface area contributed by atoms with E-state index in [9.17, 15) is 5.11 Å². The lowest BCUT2D eigenvalue weighted by atomic mass is 10.1. The van der Waals surface area contributed by atoms with E-state index in [1.165, 1.54) is 14.2 Å². The molecule has 0 aromatic rings. The summed E-state index contributed by atoms with van der Waals surface area (Å²) in [6.07, 6.45) is -2.56. The van der Waals surface area contributed by atoms with E-state index in [4.69, 9.17) is 19.3 Å². The van der Waals surface area contributed by atoms with Gasteiger partial charge in [-0.05, 0) is 0 Å². The molecule has 0 radical (unpaired) electrons. The Kier molecular flexibility index (Phi) is 3.42. The molecule has 0 saturated carbocycles. The van der Waals surface area contributed by atoms with Crippen LogP contribution in [0.3, 0.4) is 0 Å². The molecule has 5 nitrogen and oxygen atoms in total. The van der Waals surface area contributed by atoms with Crippen LogP contribution in [0.15, 0.2) is 0 Å². The first-order valence-electron chi connectivity index (χ1n) is 3.74. The molecule has 0 amide bonds. The van der Waals surface area contributed by atoms with Crippen molar-refractivity contribution < 1.29 is 24.4 Å². The lowest BCUT2D eigenvalue weighted by Gasteiger charge is -2.15. The monoisotopic (exact) mass is 178 g/mol. The van der Waals surface area contributed by atoms with Crippen LogP contribution < -0.4 is 0 Å². The predicted octanol–water partition coefficient (Wildman–Crippen LogP) is -1.27. The lowest BCUT2D eigenvalue weighted by Crippen LogP contribution is -2.36. The van der Waals surface area contributed by atoms with Gasteiger partial charge >= 0.3 is 0 Å². The maximum Gasteiger partial charge on any atom is 0.186 e. The smallest absolute Gasteiger partial charge is 0.186 e. The summed E-state index contributed by atoms with van der Waals surface area (Å²) in [6.45, 7) is -0.185. The molecular weight excluding hydrogens is 164 g/mol. The van der Waals surface area contributed by atoms with Gasteiger partial charge in [0.2, 0.25) is 0 Å². The number of rotatable bonds is 3. The van der Waals surface area contributed by atoms with Gasteiger partial charge in [-0.15, -0.1) is 0 Å². The highest BCUT2D eigenvalue weighted by atomic mass is 16.7. The highest BCUT2D eigenvalue weighted by Crippen LogP contribution is 2.23. The quantitative estimate of drug-likeness (QED) is 0.563. The van der Waals surface area contributed by atoms with E-state index in [0.29, 0.717) is 0 Å². The van der Waals surface area contributed by atoms with Gasteiger partial charge in [0.05, 0.1) is 6.61 Å². The number of aliphatic hydroxyl groups is 2. The van der Waals surface area contributed by atoms with Crippen molar-refractivity contribution in [3.05, 3.63) is 0 Å². The van der Waals surface area contributed by atoms with Gasteiger partial charge in [0.25, 0.3) is 0 Å². The molecule has 1 fully saturated rings. The lowest BCUT2D eigenvalue weighted by molar-refractivity contribution is -0.153. The summed E-state index contributed by atoms with van der Waals surface area (Å²) in [6, 6.07) is 0. The fourth-order valence-electron chi connectivity index (χ4n) is 1.34. The molecule has 0 aromatic carbocycles. The number of methoxy groups -OCH3 is 2. The topological polar surface area (TPSA) is 68.2 Å². The molecule has 0 spiro atoms. The summed E-state index contributed by atoms with van der Waals surface area (Å²) in [5.74, 6) is 0. The summed E-state index contributed by atoms with van der Waals surface area (Å²) in [5, 5.41) is 18.3. The second-order valence-electron chi connectivity index (χ2n) is 2.65. The maximum absolute atomic E-state index is 9.46. The van der Waals surface area contributed by atoms with Crippen LogP contribution in [0.25, 0.3) is 0 Å². The van der Waals surface area contributed by atoms with Crippen molar-refractivity contribution in [1.29, 1.82) is 0 Å². The van der Waals surface area contributed by atoms with Crippen LogP contribution in [0.4, 0.5) is 0 Å². The van der Waals surface area contributed by atoms with E-state index < -0.39 is 24.6 Å². The van der Waals surface area contributed by atoms with Crippen LogP contribution in [-0.2, 0) is 14.2 Å². The minimum Gasteiger partial charge on any atom is -0.394 e. The van der Waals surface area contributed by atoms with E-state index in [-0.39, 0.29) is 6.61 Å². The van der Waals surface area contributed by atoms with Gasteiger partial charge in [0, 0.05) is 14.2 Å². The Bertz CT molecular complexity index is 138. The minimum atomic E-state index is -0.836. The van der Waals surface area contributed by atoms with Crippen molar-refractivity contribution in [2.45, 2.75) is 24.6 Å². The molecule has 1 saturated heterocycles. The van der Waals surface area contributed by atoms with Crippen molar-refractivity contribution in [3.63, 3.8) is 0 Å². The number of hydrogen-bond donors (Lipinski definition) is 2. The predicted molar refractivity (Wildman–Crippen MR) is 39.6 cm³/mol. The van der Waals surface area contributed by atoms with Gasteiger partial charge in [-0.2, -0.15) is 0 Å². The van der Waals surface area contributed by atoms with Gasteiger partial charge in [-0.25, -0.2) is 0 Å². The zero-order chi connectivity index (χ0) is 9.14. The molecule has 0 aliphatic carbocycles. The number of ether oxygens (including phenoxy) is 3. The Morgan fingerprint density at radius 2 is 2.00 bits per heavy atom. The van der Waals surface area contributed by atoms with Crippen molar-refractivity contribution in [1.82, 2.24) is 0 Å². The number of hydrogen-bond acceptors (Lipinski definition) is 5. The molecule has 72 valence electrons. The molecule has 1 aliphatic rings. The molecule has 1 aliphatic heterocycles. The molecule has 1 rings (SSSR count). The number of aliphatic hydroxyl groups excluding tert-OH is 2. The Balaban J connectivity index is 2.58. The van der Waals surface area contributed by atoms with E-state index in [1.54, 1.807) is 0 Å². The Morgan fingerprint density at radius 1 is 1.33 bits per heavy atom. The Morgan fingerprint density at radius 3 is 2.33 bits per heavy atom. The molecule has 12 heavy (non-hydrogen) atoms. The molecular formula is C7H14O5. The van der Waals surface area contributed by atoms with Crippen molar-refractivity contribution in [3.8, 4) is 0 Å². The van der Waals surface area contributed by atoms with Gasteiger partial charge in [0.15, 0.2) is 6.29 Å². The van der Waals surface area contributed by atoms with E-state index in [1.807, 2.05) is 0 Å².